The zero-order valence-electron chi connectivity index (χ0n) is 10.3. The van der Waals surface area contributed by atoms with Gasteiger partial charge in [-0.3, -0.25) is 0 Å². The Bertz CT molecular complexity index is 558. The fourth-order valence-corrected chi connectivity index (χ4v) is 2.62. The predicted octanol–water partition coefficient (Wildman–Crippen LogP) is 3.82. The molecule has 100 valence electrons. The number of hydrogen-bond acceptors (Lipinski definition) is 4. The minimum atomic E-state index is 0.108. The Morgan fingerprint density at radius 2 is 1.89 bits per heavy atom. The van der Waals surface area contributed by atoms with Gasteiger partial charge >= 0.3 is 0 Å². The van der Waals surface area contributed by atoms with Crippen molar-refractivity contribution in [3.8, 4) is 0 Å². The second kappa shape index (κ2) is 6.57. The lowest BCUT2D eigenvalue weighted by Crippen LogP contribution is -2.17. The first kappa shape index (κ1) is 14.6. The molecule has 1 aromatic carbocycles. The summed E-state index contributed by atoms with van der Waals surface area (Å²) in [4.78, 5) is 9.55. The van der Waals surface area contributed by atoms with Crippen molar-refractivity contribution in [3.05, 3.63) is 46.2 Å². The highest BCUT2D eigenvalue weighted by molar-refractivity contribution is 7.99. The van der Waals surface area contributed by atoms with Crippen molar-refractivity contribution >= 4 is 35.0 Å². The Hall–Kier alpha value is -0.810. The third-order valence-corrected chi connectivity index (χ3v) is 3.96. The molecule has 1 aromatic heterocycles. The van der Waals surface area contributed by atoms with E-state index in [1.54, 1.807) is 24.5 Å². The molecule has 2 rings (SSSR count). The number of hydrogen-bond donors (Lipinski definition) is 1. The van der Waals surface area contributed by atoms with Gasteiger partial charge in [0.25, 0.3) is 0 Å². The second-order valence-corrected chi connectivity index (χ2v) is 6.09. The number of aromatic nitrogens is 2. The zero-order valence-corrected chi connectivity index (χ0v) is 12.6. The van der Waals surface area contributed by atoms with Crippen molar-refractivity contribution < 1.29 is 0 Å². The molecular weight excluding hydrogens is 301 g/mol. The molecule has 1 heterocycles. The van der Waals surface area contributed by atoms with Gasteiger partial charge in [-0.25, -0.2) is 9.97 Å². The molecule has 2 N–H and O–H groups in total. The molecule has 0 saturated carbocycles. The van der Waals surface area contributed by atoms with Crippen LogP contribution in [0.5, 0.6) is 0 Å². The maximum Gasteiger partial charge on any atom is 0.192 e. The lowest BCUT2D eigenvalue weighted by atomic mass is 10.1. The first-order chi connectivity index (χ1) is 9.04. The molecule has 0 aliphatic carbocycles. The van der Waals surface area contributed by atoms with Crippen molar-refractivity contribution in [1.82, 2.24) is 9.97 Å². The van der Waals surface area contributed by atoms with E-state index in [9.17, 15) is 0 Å². The second-order valence-electron chi connectivity index (χ2n) is 4.23. The van der Waals surface area contributed by atoms with E-state index in [-0.39, 0.29) is 6.04 Å². The minimum Gasteiger partial charge on any atom is -0.328 e. The summed E-state index contributed by atoms with van der Waals surface area (Å²) in [5.74, 6) is 0. The van der Waals surface area contributed by atoms with Crippen LogP contribution < -0.4 is 5.73 Å². The fraction of sp³-hybridized carbons (Fsp3) is 0.231. The van der Waals surface area contributed by atoms with E-state index < -0.39 is 0 Å². The van der Waals surface area contributed by atoms with Gasteiger partial charge in [0.05, 0.1) is 10.0 Å². The van der Waals surface area contributed by atoms with Crippen LogP contribution in [0, 0.1) is 0 Å². The average Bonchev–Trinajstić information content (AvgIpc) is 2.36. The normalized spacial score (nSPS) is 12.4. The van der Waals surface area contributed by atoms with E-state index in [0.717, 1.165) is 16.9 Å². The number of nitrogens with zero attached hydrogens (tertiary/aromatic N) is 2. The lowest BCUT2D eigenvalue weighted by molar-refractivity contribution is 0.727. The van der Waals surface area contributed by atoms with E-state index in [2.05, 4.69) is 9.97 Å². The molecule has 6 heteroatoms. The summed E-state index contributed by atoms with van der Waals surface area (Å²) in [6.07, 6.45) is 4.38. The molecule has 0 amide bonds. The van der Waals surface area contributed by atoms with Crippen molar-refractivity contribution in [1.29, 1.82) is 0 Å². The first-order valence-electron chi connectivity index (χ1n) is 5.74. The van der Waals surface area contributed by atoms with E-state index in [0.29, 0.717) is 15.2 Å². The van der Waals surface area contributed by atoms with Gasteiger partial charge in [-0.1, -0.05) is 23.2 Å². The monoisotopic (exact) mass is 313 g/mol. The van der Waals surface area contributed by atoms with E-state index in [4.69, 9.17) is 28.9 Å². The first-order valence-corrected chi connectivity index (χ1v) is 7.31. The fourth-order valence-electron chi connectivity index (χ4n) is 1.52. The molecule has 0 saturated heterocycles. The highest BCUT2D eigenvalue weighted by Gasteiger charge is 2.05. The van der Waals surface area contributed by atoms with Crippen LogP contribution in [0.4, 0.5) is 0 Å². The third kappa shape index (κ3) is 4.35. The summed E-state index contributed by atoms with van der Waals surface area (Å²) in [5, 5.41) is 1.74. The molecule has 2 aromatic rings. The Morgan fingerprint density at radius 1 is 1.21 bits per heavy atom. The predicted molar refractivity (Wildman–Crippen MR) is 80.0 cm³/mol. The van der Waals surface area contributed by atoms with Gasteiger partial charge in [-0.2, -0.15) is 0 Å². The van der Waals surface area contributed by atoms with E-state index in [1.165, 1.54) is 11.8 Å². The van der Waals surface area contributed by atoms with Gasteiger partial charge in [-0.15, -0.1) is 0 Å². The molecule has 0 radical (unpaired) electrons. The summed E-state index contributed by atoms with van der Waals surface area (Å²) < 4.78 is 0. The maximum absolute atomic E-state index is 5.96. The highest BCUT2D eigenvalue weighted by Crippen LogP contribution is 2.30. The molecule has 1 atom stereocenters. The number of rotatable bonds is 4. The van der Waals surface area contributed by atoms with E-state index >= 15 is 0 Å². The largest absolute Gasteiger partial charge is 0.328 e. The molecule has 0 spiro atoms. The van der Waals surface area contributed by atoms with Crippen LogP contribution in [0.15, 0.2) is 40.6 Å². The van der Waals surface area contributed by atoms with Gasteiger partial charge < -0.3 is 5.73 Å². The van der Waals surface area contributed by atoms with Crippen molar-refractivity contribution in [2.75, 3.05) is 0 Å². The van der Waals surface area contributed by atoms with Crippen molar-refractivity contribution in [2.24, 2.45) is 5.73 Å². The highest BCUT2D eigenvalue weighted by atomic mass is 35.5. The Labute approximate surface area is 126 Å². The molecule has 1 unspecified atom stereocenters. The SMILES string of the molecule is CC(N)Cc1cnc(Sc2ccc(Cl)c(Cl)c2)nc1. The standard InChI is InChI=1S/C13H13Cl2N3S/c1-8(16)4-9-6-17-13(18-7-9)19-10-2-3-11(14)12(15)5-10/h2-3,5-8H,4,16H2,1H3. The molecule has 3 nitrogen and oxygen atoms in total. The smallest absolute Gasteiger partial charge is 0.192 e. The van der Waals surface area contributed by atoms with E-state index in [1.807, 2.05) is 13.0 Å². The van der Waals surface area contributed by atoms with Gasteiger partial charge in [0.2, 0.25) is 0 Å². The summed E-state index contributed by atoms with van der Waals surface area (Å²) in [6.45, 7) is 1.96. The van der Waals surface area contributed by atoms with Crippen LogP contribution in [0.1, 0.15) is 12.5 Å². The number of benzene rings is 1. The van der Waals surface area contributed by atoms with Crippen LogP contribution in [0.3, 0.4) is 0 Å². The summed E-state index contributed by atoms with van der Waals surface area (Å²) in [7, 11) is 0. The van der Waals surface area contributed by atoms with Crippen LogP contribution in [-0.4, -0.2) is 16.0 Å². The number of nitrogens with two attached hydrogens (primary N) is 1. The Kier molecular flexibility index (Phi) is 5.05. The molecule has 0 aliphatic rings. The Morgan fingerprint density at radius 3 is 2.47 bits per heavy atom. The van der Waals surface area contributed by atoms with Gasteiger partial charge in [0.1, 0.15) is 0 Å². The topological polar surface area (TPSA) is 51.8 Å². The van der Waals surface area contributed by atoms with Crippen LogP contribution >= 0.6 is 35.0 Å². The lowest BCUT2D eigenvalue weighted by Gasteiger charge is -2.05. The van der Waals surface area contributed by atoms with Crippen LogP contribution in [0.25, 0.3) is 0 Å². The summed E-state index contributed by atoms with van der Waals surface area (Å²) >= 11 is 13.3. The molecular formula is C13H13Cl2N3S. The maximum atomic E-state index is 5.96. The number of halogens is 2. The summed E-state index contributed by atoms with van der Waals surface area (Å²) in [6, 6.07) is 5.56. The molecule has 0 fully saturated rings. The average molecular weight is 314 g/mol. The Balaban J connectivity index is 2.08. The van der Waals surface area contributed by atoms with Crippen LogP contribution in [0.2, 0.25) is 10.0 Å². The molecule has 0 bridgehead atoms. The quantitative estimate of drug-likeness (QED) is 0.872. The van der Waals surface area contributed by atoms with Gasteiger partial charge in [0, 0.05) is 23.3 Å². The van der Waals surface area contributed by atoms with Crippen molar-refractivity contribution in [3.63, 3.8) is 0 Å². The summed E-state index contributed by atoms with van der Waals surface area (Å²) in [5.41, 5.74) is 6.76. The third-order valence-electron chi connectivity index (χ3n) is 2.34. The van der Waals surface area contributed by atoms with Gasteiger partial charge in [0.15, 0.2) is 5.16 Å². The zero-order chi connectivity index (χ0) is 13.8. The molecule has 19 heavy (non-hydrogen) atoms. The molecule has 0 aliphatic heterocycles. The minimum absolute atomic E-state index is 0.108. The van der Waals surface area contributed by atoms with Gasteiger partial charge in [-0.05, 0) is 48.9 Å². The van der Waals surface area contributed by atoms with Crippen LogP contribution in [-0.2, 0) is 6.42 Å². The van der Waals surface area contributed by atoms with Crippen molar-refractivity contribution in [2.45, 2.75) is 29.4 Å².